The molecule has 7 nitrogen and oxygen atoms in total. The minimum absolute atomic E-state index is 0.0254. The number of rotatable bonds is 6. The third kappa shape index (κ3) is 6.23. The first kappa shape index (κ1) is 24.1. The number of amides is 1. The highest BCUT2D eigenvalue weighted by Gasteiger charge is 2.37. The lowest BCUT2D eigenvalue weighted by molar-refractivity contribution is 0.0459. The van der Waals surface area contributed by atoms with Crippen molar-refractivity contribution in [1.29, 1.82) is 0 Å². The van der Waals surface area contributed by atoms with Gasteiger partial charge in [-0.25, -0.2) is 26.7 Å². The van der Waals surface area contributed by atoms with Crippen molar-refractivity contribution in [3.05, 3.63) is 53.7 Å². The Bertz CT molecular complexity index is 1080. The molecule has 32 heavy (non-hydrogen) atoms. The highest BCUT2D eigenvalue weighted by atomic mass is 32.2. The van der Waals surface area contributed by atoms with Crippen molar-refractivity contribution in [2.24, 2.45) is 0 Å². The molecule has 2 aromatic rings. The van der Waals surface area contributed by atoms with Gasteiger partial charge < -0.3 is 9.64 Å². The van der Waals surface area contributed by atoms with Crippen LogP contribution in [0.2, 0.25) is 0 Å². The van der Waals surface area contributed by atoms with Crippen molar-refractivity contribution in [1.82, 2.24) is 14.6 Å². The molecular formula is C22H27F2N3O4S. The molecule has 0 unspecified atom stereocenters. The summed E-state index contributed by atoms with van der Waals surface area (Å²) < 4.78 is 59.7. The number of pyridine rings is 1. The Kier molecular flexibility index (Phi) is 7.45. The monoisotopic (exact) mass is 467 g/mol. The summed E-state index contributed by atoms with van der Waals surface area (Å²) in [7, 11) is -3.52. The molecule has 10 heteroatoms. The molecule has 1 saturated heterocycles. The van der Waals surface area contributed by atoms with E-state index in [1.54, 1.807) is 32.0 Å². The van der Waals surface area contributed by atoms with Crippen molar-refractivity contribution in [2.45, 2.75) is 51.3 Å². The summed E-state index contributed by atoms with van der Waals surface area (Å²) in [6.07, 6.45) is 1.58. The molecule has 2 atom stereocenters. The van der Waals surface area contributed by atoms with Crippen LogP contribution in [0.4, 0.5) is 13.6 Å². The Morgan fingerprint density at radius 2 is 2.03 bits per heavy atom. The minimum Gasteiger partial charge on any atom is -0.447 e. The molecule has 0 aliphatic carbocycles. The van der Waals surface area contributed by atoms with Gasteiger partial charge in [-0.15, -0.1) is 0 Å². The van der Waals surface area contributed by atoms with Gasteiger partial charge in [-0.05, 0) is 57.0 Å². The number of carbonyl (C=O) groups excluding carboxylic acids is 1. The topological polar surface area (TPSA) is 88.6 Å². The van der Waals surface area contributed by atoms with Gasteiger partial charge in [-0.3, -0.25) is 4.98 Å². The van der Waals surface area contributed by atoms with Crippen LogP contribution in [0.25, 0.3) is 11.3 Å². The number of carbonyl (C=O) groups is 1. The van der Waals surface area contributed by atoms with Crippen molar-refractivity contribution < 1.29 is 26.7 Å². The number of likely N-dealkylation sites (tertiary alicyclic amines) is 1. The van der Waals surface area contributed by atoms with E-state index in [0.717, 1.165) is 24.5 Å². The zero-order valence-electron chi connectivity index (χ0n) is 18.2. The minimum atomic E-state index is -3.52. The fourth-order valence-corrected chi connectivity index (χ4v) is 4.69. The van der Waals surface area contributed by atoms with Crippen LogP contribution < -0.4 is 4.72 Å². The van der Waals surface area contributed by atoms with E-state index in [2.05, 4.69) is 9.71 Å². The molecule has 1 N–H and O–H groups in total. The number of benzene rings is 1. The first-order valence-electron chi connectivity index (χ1n) is 10.4. The second-order valence-electron chi connectivity index (χ2n) is 8.17. The third-order valence-corrected chi connectivity index (χ3v) is 5.88. The molecule has 1 aliphatic heterocycles. The quantitative estimate of drug-likeness (QED) is 0.703. The maximum absolute atomic E-state index is 14.2. The SMILES string of the molecule is CC(C)OC(=O)N1CCC[C@H](NS(C)(=O)=O)[C@@H]1Cc1cccc(-c2cc(F)ccc2F)n1. The van der Waals surface area contributed by atoms with Gasteiger partial charge in [0.05, 0.1) is 24.1 Å². The first-order valence-corrected chi connectivity index (χ1v) is 12.3. The Labute approximate surface area is 186 Å². The van der Waals surface area contributed by atoms with E-state index in [1.807, 2.05) is 0 Å². The summed E-state index contributed by atoms with van der Waals surface area (Å²) in [4.78, 5) is 18.7. The molecule has 1 amide bonds. The van der Waals surface area contributed by atoms with Crippen molar-refractivity contribution in [3.8, 4) is 11.3 Å². The van der Waals surface area contributed by atoms with Gasteiger partial charge in [0, 0.05) is 30.3 Å². The van der Waals surface area contributed by atoms with E-state index in [-0.39, 0.29) is 23.8 Å². The molecule has 0 bridgehead atoms. The molecule has 0 spiro atoms. The predicted octanol–water partition coefficient (Wildman–Crippen LogP) is 3.50. The van der Waals surface area contributed by atoms with Crippen LogP contribution in [-0.4, -0.2) is 55.4 Å². The summed E-state index contributed by atoms with van der Waals surface area (Å²) in [6.45, 7) is 3.89. The number of nitrogens with one attached hydrogen (secondary N) is 1. The number of piperidine rings is 1. The highest BCUT2D eigenvalue weighted by Crippen LogP contribution is 2.26. The molecule has 1 aromatic heterocycles. The number of hydrogen-bond donors (Lipinski definition) is 1. The maximum Gasteiger partial charge on any atom is 0.410 e. The number of aromatic nitrogens is 1. The molecule has 2 heterocycles. The maximum atomic E-state index is 14.2. The van der Waals surface area contributed by atoms with Crippen LogP contribution in [0.15, 0.2) is 36.4 Å². The van der Waals surface area contributed by atoms with Crippen LogP contribution in [0.5, 0.6) is 0 Å². The third-order valence-electron chi connectivity index (χ3n) is 5.14. The van der Waals surface area contributed by atoms with E-state index in [4.69, 9.17) is 4.74 Å². The van der Waals surface area contributed by atoms with Crippen LogP contribution in [0, 0.1) is 11.6 Å². The normalized spacial score (nSPS) is 19.2. The largest absolute Gasteiger partial charge is 0.447 e. The molecule has 0 saturated carbocycles. The van der Waals surface area contributed by atoms with Crippen molar-refractivity contribution >= 4 is 16.1 Å². The number of nitrogens with zero attached hydrogens (tertiary/aromatic N) is 2. The van der Waals surface area contributed by atoms with Crippen LogP contribution in [0.3, 0.4) is 0 Å². The summed E-state index contributed by atoms with van der Waals surface area (Å²) in [5.41, 5.74) is 0.789. The van der Waals surface area contributed by atoms with E-state index in [0.29, 0.717) is 25.1 Å². The average molecular weight is 468 g/mol. The number of ether oxygens (including phenoxy) is 1. The van der Waals surface area contributed by atoms with E-state index >= 15 is 0 Å². The van der Waals surface area contributed by atoms with Gasteiger partial charge in [0.25, 0.3) is 0 Å². The molecular weight excluding hydrogens is 440 g/mol. The molecule has 1 fully saturated rings. The fourth-order valence-electron chi connectivity index (χ4n) is 3.87. The summed E-state index contributed by atoms with van der Waals surface area (Å²) in [6, 6.07) is 7.00. The number of halogens is 2. The van der Waals surface area contributed by atoms with Gasteiger partial charge in [0.15, 0.2) is 0 Å². The molecule has 3 rings (SSSR count). The number of sulfonamides is 1. The lowest BCUT2D eigenvalue weighted by Gasteiger charge is -2.40. The Morgan fingerprint density at radius 3 is 2.72 bits per heavy atom. The number of hydrogen-bond acceptors (Lipinski definition) is 5. The lowest BCUT2D eigenvalue weighted by Crippen LogP contribution is -2.58. The molecule has 1 aliphatic rings. The van der Waals surface area contributed by atoms with Crippen molar-refractivity contribution in [2.75, 3.05) is 12.8 Å². The van der Waals surface area contributed by atoms with Gasteiger partial charge in [-0.2, -0.15) is 0 Å². The van der Waals surface area contributed by atoms with Gasteiger partial charge in [0.2, 0.25) is 10.0 Å². The standard InChI is InChI=1S/C22H27F2N3O4S/c1-14(2)31-22(28)27-11-5-8-20(26-32(3,29)30)21(27)13-16-6-4-7-19(25-16)17-12-15(23)9-10-18(17)24/h4,6-7,9-10,12,14,20-21,26H,5,8,11,13H2,1-3H3/t20-,21-/m0/s1. The summed E-state index contributed by atoms with van der Waals surface area (Å²) in [5, 5.41) is 0. The fraction of sp³-hybridized carbons (Fsp3) is 0.455. The molecule has 174 valence electrons. The van der Waals surface area contributed by atoms with Crippen LogP contribution in [0.1, 0.15) is 32.4 Å². The Hall–Kier alpha value is -2.59. The lowest BCUT2D eigenvalue weighted by atomic mass is 9.93. The predicted molar refractivity (Wildman–Crippen MR) is 116 cm³/mol. The smallest absolute Gasteiger partial charge is 0.410 e. The molecule has 0 radical (unpaired) electrons. The van der Waals surface area contributed by atoms with Crippen LogP contribution >= 0.6 is 0 Å². The van der Waals surface area contributed by atoms with Gasteiger partial charge >= 0.3 is 6.09 Å². The second kappa shape index (κ2) is 9.91. The zero-order chi connectivity index (χ0) is 23.5. The highest BCUT2D eigenvalue weighted by molar-refractivity contribution is 7.88. The summed E-state index contributed by atoms with van der Waals surface area (Å²) in [5.74, 6) is -1.19. The average Bonchev–Trinajstić information content (AvgIpc) is 2.69. The van der Waals surface area contributed by atoms with E-state index in [1.165, 1.54) is 4.90 Å². The second-order valence-corrected chi connectivity index (χ2v) is 9.95. The van der Waals surface area contributed by atoms with Crippen LogP contribution in [-0.2, 0) is 21.2 Å². The Balaban J connectivity index is 1.93. The van der Waals surface area contributed by atoms with Gasteiger partial charge in [0.1, 0.15) is 11.6 Å². The Morgan fingerprint density at radius 1 is 1.28 bits per heavy atom. The summed E-state index contributed by atoms with van der Waals surface area (Å²) >= 11 is 0. The first-order chi connectivity index (χ1) is 15.0. The van der Waals surface area contributed by atoms with E-state index in [9.17, 15) is 22.0 Å². The van der Waals surface area contributed by atoms with Crippen molar-refractivity contribution in [3.63, 3.8) is 0 Å². The van der Waals surface area contributed by atoms with Gasteiger partial charge in [-0.1, -0.05) is 6.07 Å². The zero-order valence-corrected chi connectivity index (χ0v) is 19.0. The molecule has 1 aromatic carbocycles. The van der Waals surface area contributed by atoms with E-state index < -0.39 is 39.8 Å².